The maximum atomic E-state index is 11.0. The molecule has 0 radical (unpaired) electrons. The molecule has 1 atom stereocenters. The number of methoxy groups -OCH3 is 1. The summed E-state index contributed by atoms with van der Waals surface area (Å²) in [4.78, 5) is 11.0. The van der Waals surface area contributed by atoms with Gasteiger partial charge >= 0.3 is 5.97 Å². The molecule has 0 heterocycles. The Bertz CT molecular complexity index is 406. The van der Waals surface area contributed by atoms with Crippen molar-refractivity contribution >= 4 is 21.9 Å². The minimum absolute atomic E-state index is 0.0635. The van der Waals surface area contributed by atoms with Gasteiger partial charge in [-0.2, -0.15) is 0 Å². The molecule has 0 bridgehead atoms. The Balaban J connectivity index is 3.24. The molecule has 0 aromatic heterocycles. The number of rotatable bonds is 4. The van der Waals surface area contributed by atoms with E-state index in [1.165, 1.54) is 0 Å². The number of nitrogens with two attached hydrogens (primary N) is 1. The highest BCUT2D eigenvalue weighted by Gasteiger charge is 2.20. The van der Waals surface area contributed by atoms with E-state index in [0.717, 1.165) is 10.0 Å². The Kier molecular flexibility index (Phi) is 4.32. The van der Waals surface area contributed by atoms with E-state index in [9.17, 15) is 4.79 Å². The van der Waals surface area contributed by atoms with Crippen molar-refractivity contribution in [2.75, 3.05) is 13.7 Å². The van der Waals surface area contributed by atoms with Crippen molar-refractivity contribution in [2.24, 2.45) is 5.73 Å². The number of carboxylic acid groups (broad SMARTS) is 1. The zero-order valence-electron chi connectivity index (χ0n) is 9.16. The molecule has 0 spiro atoms. The fourth-order valence-electron chi connectivity index (χ4n) is 1.47. The summed E-state index contributed by atoms with van der Waals surface area (Å²) in [6.07, 6.45) is 0. The van der Waals surface area contributed by atoms with Crippen LogP contribution in [-0.4, -0.2) is 24.7 Å². The fraction of sp³-hybridized carbons (Fsp3) is 0.364. The average Bonchev–Trinajstić information content (AvgIpc) is 2.23. The topological polar surface area (TPSA) is 72.5 Å². The van der Waals surface area contributed by atoms with Crippen molar-refractivity contribution in [1.29, 1.82) is 0 Å². The number of halogens is 1. The average molecular weight is 288 g/mol. The molecule has 4 nitrogen and oxygen atoms in total. The van der Waals surface area contributed by atoms with E-state index in [2.05, 4.69) is 15.9 Å². The van der Waals surface area contributed by atoms with E-state index >= 15 is 0 Å². The van der Waals surface area contributed by atoms with E-state index in [1.54, 1.807) is 19.2 Å². The normalized spacial score (nSPS) is 12.2. The van der Waals surface area contributed by atoms with Crippen molar-refractivity contribution < 1.29 is 14.6 Å². The van der Waals surface area contributed by atoms with Crippen LogP contribution in [-0.2, 0) is 4.79 Å². The molecule has 1 rings (SSSR count). The summed E-state index contributed by atoms with van der Waals surface area (Å²) >= 11 is 3.37. The van der Waals surface area contributed by atoms with Gasteiger partial charge < -0.3 is 15.6 Å². The molecule has 3 N–H and O–H groups in total. The Morgan fingerprint density at radius 3 is 2.69 bits per heavy atom. The SMILES string of the molecule is COc1cc(C(CN)C(=O)O)cc(Br)c1C. The van der Waals surface area contributed by atoms with Crippen LogP contribution in [0.1, 0.15) is 17.0 Å². The molecular formula is C11H14BrNO3. The smallest absolute Gasteiger partial charge is 0.312 e. The standard InChI is InChI=1S/C11H14BrNO3/c1-6-9(12)3-7(4-10(6)16-2)8(5-13)11(14)15/h3-4,8H,5,13H2,1-2H3,(H,14,15). The van der Waals surface area contributed by atoms with Gasteiger partial charge in [-0.15, -0.1) is 0 Å². The van der Waals surface area contributed by atoms with Crippen LogP contribution in [0.4, 0.5) is 0 Å². The molecule has 0 aliphatic rings. The largest absolute Gasteiger partial charge is 0.496 e. The summed E-state index contributed by atoms with van der Waals surface area (Å²) < 4.78 is 6.00. The van der Waals surface area contributed by atoms with Gasteiger partial charge in [0.1, 0.15) is 5.75 Å². The van der Waals surface area contributed by atoms with Crippen LogP contribution >= 0.6 is 15.9 Å². The van der Waals surface area contributed by atoms with Gasteiger partial charge in [-0.05, 0) is 24.6 Å². The van der Waals surface area contributed by atoms with Crippen LogP contribution < -0.4 is 10.5 Å². The van der Waals surface area contributed by atoms with Crippen molar-refractivity contribution in [1.82, 2.24) is 0 Å². The van der Waals surface area contributed by atoms with Crippen molar-refractivity contribution in [3.8, 4) is 5.75 Å². The molecule has 1 aromatic rings. The van der Waals surface area contributed by atoms with Gasteiger partial charge in [-0.1, -0.05) is 15.9 Å². The number of carboxylic acids is 1. The van der Waals surface area contributed by atoms with Crippen LogP contribution in [0.15, 0.2) is 16.6 Å². The lowest BCUT2D eigenvalue weighted by atomic mass is 9.98. The van der Waals surface area contributed by atoms with E-state index in [1.807, 2.05) is 6.92 Å². The third-order valence-electron chi connectivity index (χ3n) is 2.48. The molecule has 0 saturated heterocycles. The zero-order valence-corrected chi connectivity index (χ0v) is 10.7. The Labute approximate surface area is 103 Å². The first-order chi connectivity index (χ1) is 7.51. The van der Waals surface area contributed by atoms with Crippen molar-refractivity contribution in [3.63, 3.8) is 0 Å². The van der Waals surface area contributed by atoms with Crippen LogP contribution in [0.25, 0.3) is 0 Å². The predicted octanol–water partition coefficient (Wildman–Crippen LogP) is 1.89. The highest BCUT2D eigenvalue weighted by Crippen LogP contribution is 2.31. The molecular weight excluding hydrogens is 274 g/mol. The lowest BCUT2D eigenvalue weighted by Crippen LogP contribution is -2.21. The molecule has 0 saturated carbocycles. The van der Waals surface area contributed by atoms with Crippen molar-refractivity contribution in [3.05, 3.63) is 27.7 Å². The molecule has 5 heteroatoms. The minimum atomic E-state index is -0.930. The summed E-state index contributed by atoms with van der Waals surface area (Å²) in [6, 6.07) is 3.48. The minimum Gasteiger partial charge on any atom is -0.496 e. The first-order valence-corrected chi connectivity index (χ1v) is 5.57. The van der Waals surface area contributed by atoms with Crippen LogP contribution in [0, 0.1) is 6.92 Å². The number of carbonyl (C=O) groups is 1. The Morgan fingerprint density at radius 1 is 1.62 bits per heavy atom. The third-order valence-corrected chi connectivity index (χ3v) is 3.30. The van der Waals surface area contributed by atoms with Gasteiger partial charge in [0, 0.05) is 16.6 Å². The summed E-state index contributed by atoms with van der Waals surface area (Å²) in [6.45, 7) is 1.96. The molecule has 0 aliphatic carbocycles. The Morgan fingerprint density at radius 2 is 2.25 bits per heavy atom. The lowest BCUT2D eigenvalue weighted by molar-refractivity contribution is -0.138. The molecule has 88 valence electrons. The molecule has 16 heavy (non-hydrogen) atoms. The first kappa shape index (κ1) is 13.0. The van der Waals surface area contributed by atoms with E-state index < -0.39 is 11.9 Å². The summed E-state index contributed by atoms with van der Waals surface area (Å²) in [5, 5.41) is 9.01. The summed E-state index contributed by atoms with van der Waals surface area (Å²) in [7, 11) is 1.55. The number of hydrogen-bond acceptors (Lipinski definition) is 3. The van der Waals surface area contributed by atoms with Gasteiger partial charge in [0.15, 0.2) is 0 Å². The summed E-state index contributed by atoms with van der Waals surface area (Å²) in [5.41, 5.74) is 7.03. The molecule has 0 fully saturated rings. The fourth-order valence-corrected chi connectivity index (χ4v) is 1.93. The second-order valence-corrected chi connectivity index (χ2v) is 4.31. The number of aliphatic carboxylic acids is 1. The maximum absolute atomic E-state index is 11.0. The lowest BCUT2D eigenvalue weighted by Gasteiger charge is -2.14. The first-order valence-electron chi connectivity index (χ1n) is 4.78. The van der Waals surface area contributed by atoms with E-state index in [-0.39, 0.29) is 6.54 Å². The molecule has 0 amide bonds. The molecule has 1 aromatic carbocycles. The van der Waals surface area contributed by atoms with Crippen LogP contribution in [0.2, 0.25) is 0 Å². The molecule has 0 aliphatic heterocycles. The maximum Gasteiger partial charge on any atom is 0.312 e. The van der Waals surface area contributed by atoms with Gasteiger partial charge in [-0.25, -0.2) is 0 Å². The number of benzene rings is 1. The third kappa shape index (κ3) is 2.54. The monoisotopic (exact) mass is 287 g/mol. The second-order valence-electron chi connectivity index (χ2n) is 3.46. The van der Waals surface area contributed by atoms with Gasteiger partial charge in [0.25, 0.3) is 0 Å². The van der Waals surface area contributed by atoms with E-state index in [4.69, 9.17) is 15.6 Å². The van der Waals surface area contributed by atoms with Gasteiger partial charge in [0.2, 0.25) is 0 Å². The predicted molar refractivity (Wildman–Crippen MR) is 64.9 cm³/mol. The highest BCUT2D eigenvalue weighted by atomic mass is 79.9. The highest BCUT2D eigenvalue weighted by molar-refractivity contribution is 9.10. The van der Waals surface area contributed by atoms with Crippen LogP contribution in [0.3, 0.4) is 0 Å². The quantitative estimate of drug-likeness (QED) is 0.887. The second kappa shape index (κ2) is 5.32. The number of hydrogen-bond donors (Lipinski definition) is 2. The zero-order chi connectivity index (χ0) is 12.3. The Hall–Kier alpha value is -1.07. The van der Waals surface area contributed by atoms with Gasteiger partial charge in [-0.3, -0.25) is 4.79 Å². The summed E-state index contributed by atoms with van der Waals surface area (Å²) in [5.74, 6) is -0.977. The van der Waals surface area contributed by atoms with Crippen LogP contribution in [0.5, 0.6) is 5.75 Å². The number of ether oxygens (including phenoxy) is 1. The molecule has 1 unspecified atom stereocenters. The van der Waals surface area contributed by atoms with Gasteiger partial charge in [0.05, 0.1) is 13.0 Å². The van der Waals surface area contributed by atoms with E-state index in [0.29, 0.717) is 11.3 Å². The van der Waals surface area contributed by atoms with Crippen molar-refractivity contribution in [2.45, 2.75) is 12.8 Å².